The molecule has 23 heavy (non-hydrogen) atoms. The standard InChI is InChI=1S/C15H27NO6S/c1-15(2,3)22-14(18)16-13-7-5-6-12(17)9-8-11(13)10-21-23(4,19)20/h5-6,11-13,17H,7-10H2,1-4H3,(H,16,18)/b6-5-/t11-,12-,13-/m0/s1. The van der Waals surface area contributed by atoms with Crippen LogP contribution in [0.3, 0.4) is 0 Å². The highest BCUT2D eigenvalue weighted by Gasteiger charge is 2.28. The van der Waals surface area contributed by atoms with Crippen LogP contribution in [-0.4, -0.2) is 50.2 Å². The third-order valence-electron chi connectivity index (χ3n) is 3.35. The quantitative estimate of drug-likeness (QED) is 0.590. The van der Waals surface area contributed by atoms with Crippen molar-refractivity contribution in [1.82, 2.24) is 5.32 Å². The third kappa shape index (κ3) is 8.92. The zero-order valence-electron chi connectivity index (χ0n) is 14.1. The molecule has 0 bridgehead atoms. The molecular formula is C15H27NO6S. The predicted octanol–water partition coefficient (Wildman–Crippen LogP) is 1.57. The molecule has 0 saturated carbocycles. The van der Waals surface area contributed by atoms with E-state index in [9.17, 15) is 18.3 Å². The summed E-state index contributed by atoms with van der Waals surface area (Å²) in [4.78, 5) is 12.0. The minimum atomic E-state index is -3.56. The SMILES string of the molecule is CC(C)(C)OC(=O)N[C@H]1C/C=C\[C@H](O)CC[C@H]1COS(C)(=O)=O. The Labute approximate surface area is 138 Å². The molecule has 2 N–H and O–H groups in total. The molecule has 1 amide bonds. The van der Waals surface area contributed by atoms with Gasteiger partial charge in [-0.2, -0.15) is 8.42 Å². The van der Waals surface area contributed by atoms with Crippen molar-refractivity contribution >= 4 is 16.2 Å². The maximum Gasteiger partial charge on any atom is 0.407 e. The number of hydrogen-bond acceptors (Lipinski definition) is 6. The fraction of sp³-hybridized carbons (Fsp3) is 0.800. The molecule has 0 aromatic carbocycles. The highest BCUT2D eigenvalue weighted by Crippen LogP contribution is 2.21. The van der Waals surface area contributed by atoms with Gasteiger partial charge in [-0.1, -0.05) is 12.2 Å². The lowest BCUT2D eigenvalue weighted by atomic mass is 9.89. The molecule has 3 atom stereocenters. The summed E-state index contributed by atoms with van der Waals surface area (Å²) >= 11 is 0. The molecule has 0 radical (unpaired) electrons. The Balaban J connectivity index is 2.77. The van der Waals surface area contributed by atoms with Gasteiger partial charge in [0.2, 0.25) is 0 Å². The number of ether oxygens (including phenoxy) is 1. The van der Waals surface area contributed by atoms with E-state index in [1.807, 2.05) is 0 Å². The van der Waals surface area contributed by atoms with Gasteiger partial charge in [-0.15, -0.1) is 0 Å². The molecule has 0 aromatic rings. The van der Waals surface area contributed by atoms with Crippen molar-refractivity contribution in [3.8, 4) is 0 Å². The lowest BCUT2D eigenvalue weighted by Crippen LogP contribution is -2.45. The van der Waals surface area contributed by atoms with Crippen LogP contribution in [0.5, 0.6) is 0 Å². The number of aliphatic hydroxyl groups excluding tert-OH is 1. The molecule has 0 unspecified atom stereocenters. The van der Waals surface area contributed by atoms with Crippen molar-refractivity contribution in [2.45, 2.75) is 57.8 Å². The van der Waals surface area contributed by atoms with Crippen molar-refractivity contribution in [3.63, 3.8) is 0 Å². The van der Waals surface area contributed by atoms with Crippen LogP contribution in [0.1, 0.15) is 40.0 Å². The Morgan fingerprint density at radius 3 is 2.57 bits per heavy atom. The van der Waals surface area contributed by atoms with Crippen LogP contribution in [0.4, 0.5) is 4.79 Å². The zero-order valence-corrected chi connectivity index (χ0v) is 14.9. The van der Waals surface area contributed by atoms with Gasteiger partial charge in [0.1, 0.15) is 5.60 Å². The van der Waals surface area contributed by atoms with E-state index in [1.165, 1.54) is 0 Å². The van der Waals surface area contributed by atoms with E-state index in [1.54, 1.807) is 32.9 Å². The van der Waals surface area contributed by atoms with Crippen molar-refractivity contribution in [1.29, 1.82) is 0 Å². The summed E-state index contributed by atoms with van der Waals surface area (Å²) in [5.41, 5.74) is -0.615. The minimum absolute atomic E-state index is 0.0418. The van der Waals surface area contributed by atoms with Crippen LogP contribution in [0.2, 0.25) is 0 Å². The zero-order chi connectivity index (χ0) is 17.7. The second kappa shape index (κ2) is 8.12. The van der Waals surface area contributed by atoms with Gasteiger partial charge < -0.3 is 15.2 Å². The smallest absolute Gasteiger partial charge is 0.407 e. The molecule has 8 heteroatoms. The Morgan fingerprint density at radius 2 is 2.00 bits per heavy atom. The Morgan fingerprint density at radius 1 is 1.35 bits per heavy atom. The van der Waals surface area contributed by atoms with Gasteiger partial charge in [0.15, 0.2) is 0 Å². The molecule has 0 spiro atoms. The van der Waals surface area contributed by atoms with E-state index >= 15 is 0 Å². The van der Waals surface area contributed by atoms with Crippen molar-refractivity contribution in [2.24, 2.45) is 5.92 Å². The fourth-order valence-electron chi connectivity index (χ4n) is 2.30. The number of alkyl carbamates (subject to hydrolysis) is 1. The lowest BCUT2D eigenvalue weighted by molar-refractivity contribution is 0.0468. The number of nitrogens with one attached hydrogen (secondary N) is 1. The lowest BCUT2D eigenvalue weighted by Gasteiger charge is -2.30. The average molecular weight is 349 g/mol. The average Bonchev–Trinajstić information content (AvgIpc) is 2.32. The van der Waals surface area contributed by atoms with Crippen LogP contribution < -0.4 is 5.32 Å². The maximum atomic E-state index is 12.0. The predicted molar refractivity (Wildman–Crippen MR) is 86.4 cm³/mol. The Kier molecular flexibility index (Phi) is 7.03. The van der Waals surface area contributed by atoms with E-state index in [0.29, 0.717) is 19.3 Å². The first-order valence-corrected chi connectivity index (χ1v) is 9.46. The maximum absolute atomic E-state index is 12.0. The van der Waals surface area contributed by atoms with Gasteiger partial charge in [-0.25, -0.2) is 4.79 Å². The van der Waals surface area contributed by atoms with Crippen molar-refractivity contribution < 1.29 is 27.2 Å². The number of hydrogen-bond donors (Lipinski definition) is 2. The summed E-state index contributed by atoms with van der Waals surface area (Å²) in [6, 6.07) is -0.324. The fourth-order valence-corrected chi connectivity index (χ4v) is 2.73. The van der Waals surface area contributed by atoms with E-state index in [-0.39, 0.29) is 18.6 Å². The largest absolute Gasteiger partial charge is 0.444 e. The van der Waals surface area contributed by atoms with E-state index in [4.69, 9.17) is 8.92 Å². The summed E-state index contributed by atoms with van der Waals surface area (Å²) in [6.45, 7) is 5.27. The van der Waals surface area contributed by atoms with Crippen LogP contribution in [0, 0.1) is 5.92 Å². The molecule has 1 rings (SSSR count). The first-order valence-electron chi connectivity index (χ1n) is 7.65. The highest BCUT2D eigenvalue weighted by atomic mass is 32.2. The minimum Gasteiger partial charge on any atom is -0.444 e. The first kappa shape index (κ1) is 19.9. The number of rotatable bonds is 4. The van der Waals surface area contributed by atoms with Gasteiger partial charge in [0.25, 0.3) is 10.1 Å². The van der Waals surface area contributed by atoms with E-state index < -0.39 is 27.9 Å². The molecule has 0 saturated heterocycles. The molecule has 134 valence electrons. The van der Waals surface area contributed by atoms with Crippen LogP contribution in [0.25, 0.3) is 0 Å². The normalized spacial score (nSPS) is 27.6. The van der Waals surface area contributed by atoms with Crippen LogP contribution in [0.15, 0.2) is 12.2 Å². The van der Waals surface area contributed by atoms with Crippen LogP contribution >= 0.6 is 0 Å². The van der Waals surface area contributed by atoms with E-state index in [0.717, 1.165) is 6.26 Å². The summed E-state index contributed by atoms with van der Waals surface area (Å²) in [6.07, 6.45) is 4.79. The summed E-state index contributed by atoms with van der Waals surface area (Å²) < 4.78 is 32.6. The molecule has 1 aliphatic carbocycles. The topological polar surface area (TPSA) is 102 Å². The Hall–Kier alpha value is -1.12. The molecule has 0 fully saturated rings. The number of aliphatic hydroxyl groups is 1. The number of carbonyl (C=O) groups excluding carboxylic acids is 1. The Bertz CT molecular complexity index is 523. The van der Waals surface area contributed by atoms with Gasteiger partial charge in [0, 0.05) is 12.0 Å². The molecule has 7 nitrogen and oxygen atoms in total. The van der Waals surface area contributed by atoms with Gasteiger partial charge in [0.05, 0.1) is 19.0 Å². The summed E-state index contributed by atoms with van der Waals surface area (Å²) in [5, 5.41) is 12.5. The first-order chi connectivity index (χ1) is 10.5. The molecule has 0 aromatic heterocycles. The molecule has 0 heterocycles. The number of carbonyl (C=O) groups is 1. The molecule has 1 aliphatic rings. The van der Waals surface area contributed by atoms with E-state index in [2.05, 4.69) is 5.32 Å². The van der Waals surface area contributed by atoms with Crippen molar-refractivity contribution in [3.05, 3.63) is 12.2 Å². The molecule has 0 aliphatic heterocycles. The van der Waals surface area contributed by atoms with Gasteiger partial charge in [-0.05, 0) is 40.0 Å². The highest BCUT2D eigenvalue weighted by molar-refractivity contribution is 7.85. The van der Waals surface area contributed by atoms with Gasteiger partial charge in [-0.3, -0.25) is 4.18 Å². The summed E-state index contributed by atoms with van der Waals surface area (Å²) in [7, 11) is -3.56. The monoisotopic (exact) mass is 349 g/mol. The second-order valence-corrected chi connectivity index (χ2v) is 8.45. The second-order valence-electron chi connectivity index (χ2n) is 6.81. The summed E-state index contributed by atoms with van der Waals surface area (Å²) in [5.74, 6) is -0.239. The number of amides is 1. The van der Waals surface area contributed by atoms with Gasteiger partial charge >= 0.3 is 6.09 Å². The van der Waals surface area contributed by atoms with Crippen LogP contribution in [-0.2, 0) is 19.0 Å². The third-order valence-corrected chi connectivity index (χ3v) is 3.91. The molecular weight excluding hydrogens is 322 g/mol. The van der Waals surface area contributed by atoms with Crippen molar-refractivity contribution in [2.75, 3.05) is 12.9 Å².